The predicted octanol–water partition coefficient (Wildman–Crippen LogP) is 2.48. The number of methoxy groups -OCH3 is 1. The Morgan fingerprint density at radius 1 is 1.55 bits per heavy atom. The molecule has 2 atom stereocenters. The van der Waals surface area contributed by atoms with Crippen LogP contribution >= 0.6 is 0 Å². The minimum atomic E-state index is 0.104. The Morgan fingerprint density at radius 2 is 2.45 bits per heavy atom. The van der Waals surface area contributed by atoms with E-state index in [0.29, 0.717) is 5.92 Å². The largest absolute Gasteiger partial charge is 0.481 e. The summed E-state index contributed by atoms with van der Waals surface area (Å²) >= 11 is 0. The van der Waals surface area contributed by atoms with E-state index in [4.69, 9.17) is 9.47 Å². The fraction of sp³-hybridized carbons (Fsp3) is 0.688. The predicted molar refractivity (Wildman–Crippen MR) is 77.8 cm³/mol. The van der Waals surface area contributed by atoms with Gasteiger partial charge in [-0.2, -0.15) is 0 Å². The first-order chi connectivity index (χ1) is 9.71. The number of likely N-dealkylation sites (tertiary alicyclic amines) is 1. The van der Waals surface area contributed by atoms with Crippen molar-refractivity contribution in [1.29, 1.82) is 0 Å². The zero-order valence-electron chi connectivity index (χ0n) is 12.5. The van der Waals surface area contributed by atoms with Gasteiger partial charge in [-0.3, -0.25) is 4.90 Å². The van der Waals surface area contributed by atoms with Crippen molar-refractivity contribution in [3.63, 3.8) is 0 Å². The first-order valence-electron chi connectivity index (χ1n) is 7.55. The van der Waals surface area contributed by atoms with Crippen LogP contribution in [0.4, 0.5) is 0 Å². The highest BCUT2D eigenvalue weighted by molar-refractivity contribution is 5.25. The van der Waals surface area contributed by atoms with E-state index >= 15 is 0 Å². The molecule has 3 rings (SSSR count). The molecule has 0 N–H and O–H groups in total. The molecule has 1 spiro atoms. The molecule has 0 bridgehead atoms. The van der Waals surface area contributed by atoms with Gasteiger partial charge in [-0.1, -0.05) is 13.0 Å². The van der Waals surface area contributed by atoms with E-state index in [-0.39, 0.29) is 5.60 Å². The average molecular weight is 276 g/mol. The van der Waals surface area contributed by atoms with Gasteiger partial charge in [0, 0.05) is 24.8 Å². The Bertz CT molecular complexity index is 462. The Kier molecular flexibility index (Phi) is 3.94. The molecule has 2 saturated heterocycles. The standard InChI is InChI=1S/C16H24N2O2/c1-13-9-16(20-11-13)6-4-8-18(12-16)10-14-5-3-7-17-15(14)19-2/h3,5,7,13H,4,6,8-12H2,1-2H3/t13-,16-/m1/s1. The molecular formula is C16H24N2O2. The van der Waals surface area contributed by atoms with Crippen molar-refractivity contribution in [3.8, 4) is 5.88 Å². The summed E-state index contributed by atoms with van der Waals surface area (Å²) in [4.78, 5) is 6.77. The maximum absolute atomic E-state index is 6.13. The summed E-state index contributed by atoms with van der Waals surface area (Å²) in [7, 11) is 1.69. The van der Waals surface area contributed by atoms with Gasteiger partial charge in [-0.05, 0) is 37.8 Å². The number of rotatable bonds is 3. The van der Waals surface area contributed by atoms with Crippen molar-refractivity contribution in [3.05, 3.63) is 23.9 Å². The molecule has 20 heavy (non-hydrogen) atoms. The minimum absolute atomic E-state index is 0.104. The third-order valence-corrected chi connectivity index (χ3v) is 4.45. The average Bonchev–Trinajstić information content (AvgIpc) is 2.80. The number of hydrogen-bond donors (Lipinski definition) is 0. The molecule has 0 aromatic carbocycles. The fourth-order valence-electron chi connectivity index (χ4n) is 3.65. The fourth-order valence-corrected chi connectivity index (χ4v) is 3.65. The summed E-state index contributed by atoms with van der Waals surface area (Å²) < 4.78 is 11.5. The minimum Gasteiger partial charge on any atom is -0.481 e. The summed E-state index contributed by atoms with van der Waals surface area (Å²) in [5.41, 5.74) is 1.27. The molecule has 1 aromatic heterocycles. The topological polar surface area (TPSA) is 34.6 Å². The van der Waals surface area contributed by atoms with E-state index in [9.17, 15) is 0 Å². The normalized spacial score (nSPS) is 30.8. The van der Waals surface area contributed by atoms with Crippen molar-refractivity contribution < 1.29 is 9.47 Å². The van der Waals surface area contributed by atoms with Gasteiger partial charge in [-0.25, -0.2) is 4.98 Å². The third-order valence-electron chi connectivity index (χ3n) is 4.45. The van der Waals surface area contributed by atoms with Crippen molar-refractivity contribution >= 4 is 0 Å². The first-order valence-corrected chi connectivity index (χ1v) is 7.55. The van der Waals surface area contributed by atoms with E-state index in [1.165, 1.54) is 19.3 Å². The second-order valence-electron chi connectivity index (χ2n) is 6.29. The number of pyridine rings is 1. The quantitative estimate of drug-likeness (QED) is 0.849. The molecule has 0 unspecified atom stereocenters. The van der Waals surface area contributed by atoms with Gasteiger partial charge in [0.2, 0.25) is 5.88 Å². The summed E-state index contributed by atoms with van der Waals surface area (Å²) in [6.45, 7) is 6.28. The van der Waals surface area contributed by atoms with Crippen molar-refractivity contribution in [2.45, 2.75) is 38.3 Å². The Labute approximate surface area is 121 Å². The highest BCUT2D eigenvalue weighted by Gasteiger charge is 2.41. The van der Waals surface area contributed by atoms with E-state index in [2.05, 4.69) is 22.9 Å². The lowest BCUT2D eigenvalue weighted by atomic mass is 9.87. The summed E-state index contributed by atoms with van der Waals surface area (Å²) in [5, 5.41) is 0. The lowest BCUT2D eigenvalue weighted by Gasteiger charge is -2.39. The number of piperidine rings is 1. The molecule has 0 radical (unpaired) electrons. The van der Waals surface area contributed by atoms with E-state index < -0.39 is 0 Å². The van der Waals surface area contributed by atoms with Gasteiger partial charge in [0.15, 0.2) is 0 Å². The Hall–Kier alpha value is -1.13. The van der Waals surface area contributed by atoms with Gasteiger partial charge in [0.05, 0.1) is 19.3 Å². The summed E-state index contributed by atoms with van der Waals surface area (Å²) in [6, 6.07) is 4.08. The van der Waals surface area contributed by atoms with E-state index in [0.717, 1.165) is 37.7 Å². The molecule has 2 fully saturated rings. The lowest BCUT2D eigenvalue weighted by Crippen LogP contribution is -2.47. The molecule has 2 aliphatic rings. The Morgan fingerprint density at radius 3 is 3.20 bits per heavy atom. The van der Waals surface area contributed by atoms with Crippen LogP contribution in [0.1, 0.15) is 31.7 Å². The monoisotopic (exact) mass is 276 g/mol. The molecule has 4 nitrogen and oxygen atoms in total. The van der Waals surface area contributed by atoms with Crippen LogP contribution < -0.4 is 4.74 Å². The van der Waals surface area contributed by atoms with Gasteiger partial charge >= 0.3 is 0 Å². The molecule has 1 aromatic rings. The van der Waals surface area contributed by atoms with Gasteiger partial charge in [0.25, 0.3) is 0 Å². The second kappa shape index (κ2) is 5.70. The van der Waals surface area contributed by atoms with Crippen LogP contribution in [-0.2, 0) is 11.3 Å². The summed E-state index contributed by atoms with van der Waals surface area (Å²) in [5.74, 6) is 1.44. The van der Waals surface area contributed by atoms with Crippen LogP contribution in [0.15, 0.2) is 18.3 Å². The van der Waals surface area contributed by atoms with E-state index in [1.807, 2.05) is 6.07 Å². The second-order valence-corrected chi connectivity index (χ2v) is 6.29. The Balaban J connectivity index is 1.68. The summed E-state index contributed by atoms with van der Waals surface area (Å²) in [6.07, 6.45) is 5.41. The van der Waals surface area contributed by atoms with Crippen molar-refractivity contribution in [1.82, 2.24) is 9.88 Å². The van der Waals surface area contributed by atoms with Gasteiger partial charge in [0.1, 0.15) is 0 Å². The molecule has 2 aliphatic heterocycles. The number of hydrogen-bond acceptors (Lipinski definition) is 4. The first kappa shape index (κ1) is 13.8. The molecule has 4 heteroatoms. The van der Waals surface area contributed by atoms with Crippen LogP contribution in [0.25, 0.3) is 0 Å². The number of ether oxygens (including phenoxy) is 2. The van der Waals surface area contributed by atoms with Crippen LogP contribution in [-0.4, -0.2) is 42.3 Å². The molecule has 110 valence electrons. The maximum Gasteiger partial charge on any atom is 0.217 e. The van der Waals surface area contributed by atoms with Crippen LogP contribution in [0.3, 0.4) is 0 Å². The third kappa shape index (κ3) is 2.81. The van der Waals surface area contributed by atoms with E-state index in [1.54, 1.807) is 13.3 Å². The van der Waals surface area contributed by atoms with Gasteiger partial charge < -0.3 is 9.47 Å². The molecule has 3 heterocycles. The zero-order chi connectivity index (χ0) is 14.0. The van der Waals surface area contributed by atoms with Crippen LogP contribution in [0.2, 0.25) is 0 Å². The lowest BCUT2D eigenvalue weighted by molar-refractivity contribution is -0.0536. The van der Waals surface area contributed by atoms with Crippen molar-refractivity contribution in [2.24, 2.45) is 5.92 Å². The number of aromatic nitrogens is 1. The van der Waals surface area contributed by atoms with Crippen molar-refractivity contribution in [2.75, 3.05) is 26.8 Å². The van der Waals surface area contributed by atoms with Crippen LogP contribution in [0, 0.1) is 5.92 Å². The van der Waals surface area contributed by atoms with Gasteiger partial charge in [-0.15, -0.1) is 0 Å². The zero-order valence-corrected chi connectivity index (χ0v) is 12.5. The molecule has 0 amide bonds. The van der Waals surface area contributed by atoms with Crippen LogP contribution in [0.5, 0.6) is 5.88 Å². The molecular weight excluding hydrogens is 252 g/mol. The SMILES string of the molecule is COc1ncccc1CN1CCC[C@@]2(C[C@@H](C)CO2)C1. The molecule has 0 aliphatic carbocycles. The highest BCUT2D eigenvalue weighted by Crippen LogP contribution is 2.37. The highest BCUT2D eigenvalue weighted by atomic mass is 16.5. The number of nitrogens with zero attached hydrogens (tertiary/aromatic N) is 2. The maximum atomic E-state index is 6.13. The smallest absolute Gasteiger partial charge is 0.217 e. The molecule has 0 saturated carbocycles.